The number of hydrogen-bond acceptors (Lipinski definition) is 2. The first-order chi connectivity index (χ1) is 6.83. The van der Waals surface area contributed by atoms with Crippen LogP contribution in [0.15, 0.2) is 41.5 Å². The molecule has 3 nitrogen and oxygen atoms in total. The van der Waals surface area contributed by atoms with Gasteiger partial charge in [0.2, 0.25) is 6.41 Å². The van der Waals surface area contributed by atoms with E-state index in [0.717, 1.165) is 11.3 Å². The second kappa shape index (κ2) is 5.70. The highest BCUT2D eigenvalue weighted by atomic mass is 16.1. The quantitative estimate of drug-likeness (QED) is 0.437. The first-order valence-corrected chi connectivity index (χ1v) is 4.29. The van der Waals surface area contributed by atoms with E-state index in [1.54, 1.807) is 0 Å². The summed E-state index contributed by atoms with van der Waals surface area (Å²) in [5, 5.41) is 3.77. The molecule has 1 aromatic rings. The van der Waals surface area contributed by atoms with Gasteiger partial charge >= 0.3 is 0 Å². The van der Waals surface area contributed by atoms with E-state index in [1.807, 2.05) is 49.4 Å². The fourth-order valence-corrected chi connectivity index (χ4v) is 0.946. The van der Waals surface area contributed by atoms with E-state index in [2.05, 4.69) is 10.5 Å². The van der Waals surface area contributed by atoms with Crippen LogP contribution in [0.25, 0.3) is 6.08 Å². The lowest BCUT2D eigenvalue weighted by Gasteiger charge is -1.92. The number of amides is 1. The Hall–Kier alpha value is -1.90. The van der Waals surface area contributed by atoms with Crippen LogP contribution in [0.1, 0.15) is 12.5 Å². The molecule has 0 heterocycles. The summed E-state index contributed by atoms with van der Waals surface area (Å²) in [6.45, 7) is 1.82. The zero-order valence-electron chi connectivity index (χ0n) is 7.97. The lowest BCUT2D eigenvalue weighted by atomic mass is 10.2. The van der Waals surface area contributed by atoms with Gasteiger partial charge in [-0.15, -0.1) is 0 Å². The molecule has 0 bridgehead atoms. The first-order valence-electron chi connectivity index (χ1n) is 4.29. The van der Waals surface area contributed by atoms with Crippen LogP contribution in [0.5, 0.6) is 0 Å². The molecule has 1 N–H and O–H groups in total. The van der Waals surface area contributed by atoms with Crippen molar-refractivity contribution in [1.29, 1.82) is 0 Å². The molecule has 0 saturated carbocycles. The van der Waals surface area contributed by atoms with Gasteiger partial charge in [0.1, 0.15) is 0 Å². The van der Waals surface area contributed by atoms with Crippen molar-refractivity contribution in [2.45, 2.75) is 6.92 Å². The lowest BCUT2D eigenvalue weighted by Crippen LogP contribution is -2.03. The number of carbonyl (C=O) groups is 1. The van der Waals surface area contributed by atoms with Gasteiger partial charge in [-0.25, -0.2) is 5.43 Å². The third-order valence-corrected chi connectivity index (χ3v) is 1.61. The third-order valence-electron chi connectivity index (χ3n) is 1.61. The van der Waals surface area contributed by atoms with Gasteiger partial charge in [-0.05, 0) is 18.6 Å². The van der Waals surface area contributed by atoms with Crippen LogP contribution >= 0.6 is 0 Å². The summed E-state index contributed by atoms with van der Waals surface area (Å²) in [6, 6.07) is 9.89. The van der Waals surface area contributed by atoms with Gasteiger partial charge in [0, 0.05) is 0 Å². The Balaban J connectivity index is 2.60. The number of benzene rings is 1. The van der Waals surface area contributed by atoms with Crippen molar-refractivity contribution < 1.29 is 4.79 Å². The van der Waals surface area contributed by atoms with E-state index in [9.17, 15) is 4.79 Å². The second-order valence-electron chi connectivity index (χ2n) is 2.74. The van der Waals surface area contributed by atoms with Crippen LogP contribution in [0.2, 0.25) is 0 Å². The molecule has 0 atom stereocenters. The minimum atomic E-state index is 0.542. The summed E-state index contributed by atoms with van der Waals surface area (Å²) in [7, 11) is 0. The van der Waals surface area contributed by atoms with Gasteiger partial charge < -0.3 is 0 Å². The van der Waals surface area contributed by atoms with Crippen molar-refractivity contribution in [2.75, 3.05) is 0 Å². The fraction of sp³-hybridized carbons (Fsp3) is 0.0909. The van der Waals surface area contributed by atoms with Crippen molar-refractivity contribution in [1.82, 2.24) is 5.43 Å². The van der Waals surface area contributed by atoms with Gasteiger partial charge in [-0.3, -0.25) is 4.79 Å². The highest BCUT2D eigenvalue weighted by molar-refractivity contribution is 5.96. The molecular weight excluding hydrogens is 176 g/mol. The number of hydrogen-bond donors (Lipinski definition) is 1. The van der Waals surface area contributed by atoms with Gasteiger partial charge in [-0.1, -0.05) is 36.4 Å². The Morgan fingerprint density at radius 2 is 2.07 bits per heavy atom. The Labute approximate surface area is 83.1 Å². The molecule has 0 aromatic heterocycles. The van der Waals surface area contributed by atoms with Crippen LogP contribution in [0.3, 0.4) is 0 Å². The molecule has 1 aromatic carbocycles. The van der Waals surface area contributed by atoms with E-state index in [-0.39, 0.29) is 0 Å². The Kier molecular flexibility index (Phi) is 4.14. The highest BCUT2D eigenvalue weighted by Gasteiger charge is 1.84. The van der Waals surface area contributed by atoms with E-state index in [4.69, 9.17) is 0 Å². The van der Waals surface area contributed by atoms with E-state index >= 15 is 0 Å². The second-order valence-corrected chi connectivity index (χ2v) is 2.74. The van der Waals surface area contributed by atoms with Gasteiger partial charge in [0.05, 0.1) is 5.71 Å². The minimum absolute atomic E-state index is 0.542. The predicted octanol–water partition coefficient (Wildman–Crippen LogP) is 1.82. The molecule has 0 spiro atoms. The van der Waals surface area contributed by atoms with E-state index in [1.165, 1.54) is 0 Å². The summed E-state index contributed by atoms with van der Waals surface area (Å²) in [6.07, 6.45) is 4.32. The predicted molar refractivity (Wildman–Crippen MR) is 57.8 cm³/mol. The molecule has 0 fully saturated rings. The summed E-state index contributed by atoms with van der Waals surface area (Å²) in [5.74, 6) is 0. The smallest absolute Gasteiger partial charge is 0.227 e. The van der Waals surface area contributed by atoms with Gasteiger partial charge in [0.15, 0.2) is 0 Å². The molecule has 0 saturated heterocycles. The van der Waals surface area contributed by atoms with Crippen LogP contribution in [0.4, 0.5) is 0 Å². The molecule has 1 rings (SSSR count). The molecule has 3 heteroatoms. The van der Waals surface area contributed by atoms with E-state index in [0.29, 0.717) is 6.41 Å². The molecule has 0 radical (unpaired) electrons. The Morgan fingerprint density at radius 3 is 2.71 bits per heavy atom. The van der Waals surface area contributed by atoms with Gasteiger partial charge in [-0.2, -0.15) is 5.10 Å². The average molecular weight is 188 g/mol. The minimum Gasteiger partial charge on any atom is -0.277 e. The summed E-state index contributed by atoms with van der Waals surface area (Å²) in [4.78, 5) is 9.94. The molecule has 0 aliphatic carbocycles. The van der Waals surface area contributed by atoms with Crippen molar-refractivity contribution in [2.24, 2.45) is 5.10 Å². The van der Waals surface area contributed by atoms with Crippen LogP contribution in [-0.2, 0) is 4.79 Å². The average Bonchev–Trinajstić information content (AvgIpc) is 2.25. The third kappa shape index (κ3) is 3.67. The molecule has 0 unspecified atom stereocenters. The summed E-state index contributed by atoms with van der Waals surface area (Å²) >= 11 is 0. The molecule has 0 aliphatic heterocycles. The number of nitrogens with zero attached hydrogens (tertiary/aromatic N) is 1. The van der Waals surface area contributed by atoms with E-state index < -0.39 is 0 Å². The first kappa shape index (κ1) is 10.2. The largest absolute Gasteiger partial charge is 0.277 e. The fourth-order valence-electron chi connectivity index (χ4n) is 0.946. The topological polar surface area (TPSA) is 41.5 Å². The number of rotatable bonds is 4. The maximum Gasteiger partial charge on any atom is 0.227 e. The van der Waals surface area contributed by atoms with Crippen LogP contribution in [-0.4, -0.2) is 12.1 Å². The van der Waals surface area contributed by atoms with Crippen LogP contribution in [0, 0.1) is 0 Å². The number of nitrogens with one attached hydrogen (secondary N) is 1. The molecule has 0 aliphatic rings. The summed E-state index contributed by atoms with van der Waals surface area (Å²) < 4.78 is 0. The SMILES string of the molecule is CC(C=Cc1ccccc1)=NNC=O. The maximum atomic E-state index is 9.94. The lowest BCUT2D eigenvalue weighted by molar-refractivity contribution is -0.109. The Morgan fingerprint density at radius 1 is 1.36 bits per heavy atom. The molecule has 72 valence electrons. The van der Waals surface area contributed by atoms with Crippen molar-refractivity contribution in [3.8, 4) is 0 Å². The Bertz CT molecular complexity index is 342. The van der Waals surface area contributed by atoms with Gasteiger partial charge in [0.25, 0.3) is 0 Å². The zero-order chi connectivity index (χ0) is 10.2. The highest BCUT2D eigenvalue weighted by Crippen LogP contribution is 2.00. The van der Waals surface area contributed by atoms with Crippen molar-refractivity contribution >= 4 is 18.2 Å². The maximum absolute atomic E-state index is 9.94. The molecule has 14 heavy (non-hydrogen) atoms. The monoisotopic (exact) mass is 188 g/mol. The molecular formula is C11H12N2O. The number of hydrazone groups is 1. The number of carbonyl (C=O) groups excluding carboxylic acids is 1. The normalized spacial score (nSPS) is 11.6. The summed E-state index contributed by atoms with van der Waals surface area (Å²) in [5.41, 5.74) is 4.10. The number of allylic oxidation sites excluding steroid dienone is 1. The molecule has 1 amide bonds. The standard InChI is InChI=1S/C11H12N2O/c1-10(13-12-9-14)7-8-11-5-3-2-4-6-11/h2-9H,1H3,(H,12,14). The van der Waals surface area contributed by atoms with Crippen molar-refractivity contribution in [3.63, 3.8) is 0 Å². The van der Waals surface area contributed by atoms with Crippen molar-refractivity contribution in [3.05, 3.63) is 42.0 Å². The zero-order valence-corrected chi connectivity index (χ0v) is 7.97. The van der Waals surface area contributed by atoms with Crippen LogP contribution < -0.4 is 5.43 Å².